The number of imidazole rings is 1. The summed E-state index contributed by atoms with van der Waals surface area (Å²) in [6.07, 6.45) is 7.13. The number of para-hydroxylation sites is 1. The molecule has 0 aliphatic carbocycles. The molecule has 0 spiro atoms. The lowest BCUT2D eigenvalue weighted by Gasteiger charge is -2.11. The molecule has 0 bridgehead atoms. The molecule has 2 aromatic carbocycles. The maximum absolute atomic E-state index is 14.7. The van der Waals surface area contributed by atoms with Gasteiger partial charge in [-0.05, 0) is 43.2 Å². The van der Waals surface area contributed by atoms with Gasteiger partial charge in [0.2, 0.25) is 0 Å². The summed E-state index contributed by atoms with van der Waals surface area (Å²) in [7, 11) is 0. The lowest BCUT2D eigenvalue weighted by Crippen LogP contribution is -2.16. The molecule has 5 rings (SSSR count). The van der Waals surface area contributed by atoms with Gasteiger partial charge in [-0.2, -0.15) is 0 Å². The molecular formula is C23H21FN6O. The molecule has 0 saturated carbocycles. The van der Waals surface area contributed by atoms with Crippen LogP contribution in [0.1, 0.15) is 35.6 Å². The minimum atomic E-state index is -0.397. The molecular weight excluding hydrogens is 395 g/mol. The summed E-state index contributed by atoms with van der Waals surface area (Å²) >= 11 is 0. The quantitative estimate of drug-likeness (QED) is 0.540. The summed E-state index contributed by atoms with van der Waals surface area (Å²) in [4.78, 5) is 17.0. The van der Waals surface area contributed by atoms with Crippen LogP contribution in [0.4, 0.5) is 10.1 Å². The van der Waals surface area contributed by atoms with Crippen LogP contribution in [0.15, 0.2) is 61.1 Å². The molecule has 3 heterocycles. The van der Waals surface area contributed by atoms with E-state index in [1.807, 2.05) is 34.9 Å². The van der Waals surface area contributed by atoms with Crippen LogP contribution in [0.5, 0.6) is 0 Å². The molecule has 1 aliphatic rings. The van der Waals surface area contributed by atoms with Gasteiger partial charge in [-0.15, -0.1) is 10.2 Å². The highest BCUT2D eigenvalue weighted by atomic mass is 19.1. The number of carbonyl (C=O) groups excluding carboxylic acids is 1. The number of nitrogens with one attached hydrogen (secondary N) is 1. The van der Waals surface area contributed by atoms with Crippen molar-refractivity contribution in [3.05, 3.63) is 78.4 Å². The van der Waals surface area contributed by atoms with E-state index in [1.54, 1.807) is 23.0 Å². The zero-order chi connectivity index (χ0) is 21.2. The highest BCUT2D eigenvalue weighted by Crippen LogP contribution is 2.28. The summed E-state index contributed by atoms with van der Waals surface area (Å²) in [5.41, 5.74) is 2.02. The highest BCUT2D eigenvalue weighted by Gasteiger charge is 2.20. The topological polar surface area (TPSA) is 77.6 Å². The molecule has 4 aromatic rings. The average molecular weight is 416 g/mol. The second-order valence-electron chi connectivity index (χ2n) is 7.54. The molecule has 2 aromatic heterocycles. The molecule has 0 saturated heterocycles. The van der Waals surface area contributed by atoms with Crippen molar-refractivity contribution in [3.8, 4) is 17.1 Å². The van der Waals surface area contributed by atoms with Crippen LogP contribution < -0.4 is 5.32 Å². The van der Waals surface area contributed by atoms with E-state index < -0.39 is 5.82 Å². The molecule has 1 amide bonds. The summed E-state index contributed by atoms with van der Waals surface area (Å²) in [6, 6.07) is 14.0. The van der Waals surface area contributed by atoms with Crippen molar-refractivity contribution in [3.63, 3.8) is 0 Å². The fraction of sp³-hybridized carbons (Fsp3) is 0.217. The number of carbonyl (C=O) groups is 1. The Morgan fingerprint density at radius 3 is 2.77 bits per heavy atom. The third-order valence-electron chi connectivity index (χ3n) is 5.48. The van der Waals surface area contributed by atoms with Gasteiger partial charge in [-0.1, -0.05) is 24.6 Å². The Balaban J connectivity index is 1.44. The van der Waals surface area contributed by atoms with E-state index in [2.05, 4.69) is 20.5 Å². The maximum atomic E-state index is 14.7. The van der Waals surface area contributed by atoms with E-state index in [9.17, 15) is 9.18 Å². The Bertz CT molecular complexity index is 1230. The first-order valence-electron chi connectivity index (χ1n) is 10.3. The molecule has 31 heavy (non-hydrogen) atoms. The Kier molecular flexibility index (Phi) is 5.03. The van der Waals surface area contributed by atoms with Crippen molar-refractivity contribution in [2.75, 3.05) is 5.32 Å². The second kappa shape index (κ2) is 8.14. The first-order chi connectivity index (χ1) is 15.2. The smallest absolute Gasteiger partial charge is 0.274 e. The predicted molar refractivity (Wildman–Crippen MR) is 114 cm³/mol. The number of hydrogen-bond acceptors (Lipinski definition) is 4. The molecule has 0 unspecified atom stereocenters. The predicted octanol–water partition coefficient (Wildman–Crippen LogP) is 4.25. The number of aryl methyl sites for hydroxylation is 1. The first kappa shape index (κ1) is 19.2. The summed E-state index contributed by atoms with van der Waals surface area (Å²) in [5.74, 6) is 0.652. The summed E-state index contributed by atoms with van der Waals surface area (Å²) in [5, 5.41) is 11.4. The van der Waals surface area contributed by atoms with E-state index in [0.717, 1.165) is 43.7 Å². The number of halogens is 1. The van der Waals surface area contributed by atoms with Crippen LogP contribution in [0.2, 0.25) is 0 Å². The van der Waals surface area contributed by atoms with E-state index in [4.69, 9.17) is 0 Å². The van der Waals surface area contributed by atoms with Crippen LogP contribution in [0.3, 0.4) is 0 Å². The van der Waals surface area contributed by atoms with Crippen LogP contribution in [0, 0.1) is 5.82 Å². The standard InChI is InChI=1S/C23H21FN6O/c24-19-11-10-16(13-18(19)22-28-27-21-9-5-2-6-12-29(21)22)26-23(31)20-14-25-15-30(20)17-7-3-1-4-8-17/h1,3-4,7-8,10-11,13-15H,2,5-6,9,12H2,(H,26,31). The Hall–Kier alpha value is -3.81. The summed E-state index contributed by atoms with van der Waals surface area (Å²) in [6.45, 7) is 0.768. The number of hydrogen-bond donors (Lipinski definition) is 1. The van der Waals surface area contributed by atoms with Gasteiger partial charge in [0.05, 0.1) is 18.1 Å². The fourth-order valence-corrected chi connectivity index (χ4v) is 3.91. The van der Waals surface area contributed by atoms with Crippen molar-refractivity contribution in [1.29, 1.82) is 0 Å². The minimum absolute atomic E-state index is 0.329. The largest absolute Gasteiger partial charge is 0.321 e. The van der Waals surface area contributed by atoms with Crippen molar-refractivity contribution in [1.82, 2.24) is 24.3 Å². The Labute approximate surface area is 178 Å². The normalized spacial score (nSPS) is 13.5. The zero-order valence-electron chi connectivity index (χ0n) is 16.8. The van der Waals surface area contributed by atoms with E-state index in [0.29, 0.717) is 22.8 Å². The van der Waals surface area contributed by atoms with Crippen LogP contribution >= 0.6 is 0 Å². The molecule has 1 aliphatic heterocycles. The second-order valence-corrected chi connectivity index (χ2v) is 7.54. The van der Waals surface area contributed by atoms with E-state index in [-0.39, 0.29) is 5.91 Å². The highest BCUT2D eigenvalue weighted by molar-refractivity contribution is 6.03. The van der Waals surface area contributed by atoms with Crippen LogP contribution in [0.25, 0.3) is 17.1 Å². The van der Waals surface area contributed by atoms with Crippen molar-refractivity contribution in [2.24, 2.45) is 0 Å². The van der Waals surface area contributed by atoms with Crippen LogP contribution in [-0.2, 0) is 13.0 Å². The Morgan fingerprint density at radius 2 is 1.90 bits per heavy atom. The number of amides is 1. The van der Waals surface area contributed by atoms with Gasteiger partial charge >= 0.3 is 0 Å². The average Bonchev–Trinajstić information content (AvgIpc) is 3.37. The van der Waals surface area contributed by atoms with Gasteiger partial charge in [0.25, 0.3) is 5.91 Å². The molecule has 156 valence electrons. The van der Waals surface area contributed by atoms with Gasteiger partial charge in [-0.3, -0.25) is 9.36 Å². The lowest BCUT2D eigenvalue weighted by molar-refractivity contribution is 0.102. The van der Waals surface area contributed by atoms with Gasteiger partial charge < -0.3 is 9.88 Å². The van der Waals surface area contributed by atoms with Gasteiger partial charge in [0, 0.05) is 24.3 Å². The maximum Gasteiger partial charge on any atom is 0.274 e. The van der Waals surface area contributed by atoms with Crippen molar-refractivity contribution < 1.29 is 9.18 Å². The molecule has 0 fully saturated rings. The monoisotopic (exact) mass is 416 g/mol. The fourth-order valence-electron chi connectivity index (χ4n) is 3.91. The third-order valence-corrected chi connectivity index (χ3v) is 5.48. The molecule has 8 heteroatoms. The van der Waals surface area contributed by atoms with Crippen molar-refractivity contribution in [2.45, 2.75) is 32.2 Å². The summed E-state index contributed by atoms with van der Waals surface area (Å²) < 4.78 is 18.4. The minimum Gasteiger partial charge on any atom is -0.321 e. The lowest BCUT2D eigenvalue weighted by atomic mass is 10.1. The zero-order valence-corrected chi connectivity index (χ0v) is 16.8. The third kappa shape index (κ3) is 3.72. The molecule has 7 nitrogen and oxygen atoms in total. The number of fused-ring (bicyclic) bond motifs is 1. The number of anilines is 1. The number of nitrogens with zero attached hydrogens (tertiary/aromatic N) is 5. The number of benzene rings is 2. The first-order valence-corrected chi connectivity index (χ1v) is 10.3. The van der Waals surface area contributed by atoms with Crippen LogP contribution in [-0.4, -0.2) is 30.2 Å². The Morgan fingerprint density at radius 1 is 1.03 bits per heavy atom. The number of aromatic nitrogens is 5. The molecule has 0 radical (unpaired) electrons. The van der Waals surface area contributed by atoms with Gasteiger partial charge in [0.1, 0.15) is 17.3 Å². The van der Waals surface area contributed by atoms with Crippen molar-refractivity contribution >= 4 is 11.6 Å². The number of rotatable bonds is 4. The van der Waals surface area contributed by atoms with Gasteiger partial charge in [-0.25, -0.2) is 9.37 Å². The van der Waals surface area contributed by atoms with Gasteiger partial charge in [0.15, 0.2) is 5.82 Å². The molecule has 1 N–H and O–H groups in total. The molecule has 0 atom stereocenters. The van der Waals surface area contributed by atoms with E-state index in [1.165, 1.54) is 12.3 Å². The SMILES string of the molecule is O=C(Nc1ccc(F)c(-c2nnc3n2CCCCC3)c1)c1cncn1-c1ccccc1. The van der Waals surface area contributed by atoms with E-state index >= 15 is 0 Å².